The van der Waals surface area contributed by atoms with Crippen LogP contribution in [-0.4, -0.2) is 20.0 Å². The van der Waals surface area contributed by atoms with E-state index in [0.717, 1.165) is 62.0 Å². The lowest BCUT2D eigenvalue weighted by Crippen LogP contribution is -2.07. The minimum Gasteiger partial charge on any atom is -0.231 e. The van der Waals surface area contributed by atoms with Crippen LogP contribution in [0.5, 0.6) is 0 Å². The van der Waals surface area contributed by atoms with E-state index in [-0.39, 0.29) is 5.41 Å². The number of aromatic nitrogens is 4. The molecule has 0 aliphatic heterocycles. The number of hydrogen-bond acceptors (Lipinski definition) is 4. The molecule has 0 radical (unpaired) electrons. The predicted molar refractivity (Wildman–Crippen MR) is 151 cm³/mol. The second-order valence-corrected chi connectivity index (χ2v) is 11.6. The highest BCUT2D eigenvalue weighted by Crippen LogP contribution is 2.55. The van der Waals surface area contributed by atoms with Crippen LogP contribution in [0.2, 0.25) is 10.0 Å². The Morgan fingerprint density at radius 3 is 2.39 bits per heavy atom. The second-order valence-electron chi connectivity index (χ2n) is 8.90. The van der Waals surface area contributed by atoms with Crippen molar-refractivity contribution in [3.63, 3.8) is 0 Å². The van der Waals surface area contributed by atoms with Crippen molar-refractivity contribution >= 4 is 50.5 Å². The van der Waals surface area contributed by atoms with Crippen LogP contribution in [0.15, 0.2) is 77.3 Å². The molecular weight excluding hydrogens is 575 g/mol. The van der Waals surface area contributed by atoms with E-state index in [4.69, 9.17) is 28.3 Å². The predicted octanol–water partition coefficient (Wildman–Crippen LogP) is 8.77. The molecule has 1 saturated carbocycles. The summed E-state index contributed by atoms with van der Waals surface area (Å²) >= 11 is 18.1. The van der Waals surface area contributed by atoms with Crippen molar-refractivity contribution < 1.29 is 0 Å². The molecule has 0 bridgehead atoms. The average Bonchev–Trinajstić information content (AvgIpc) is 3.39. The molecule has 1 aliphatic carbocycles. The third kappa shape index (κ3) is 4.10. The zero-order chi connectivity index (χ0) is 24.9. The summed E-state index contributed by atoms with van der Waals surface area (Å²) in [5, 5.41) is 17.4. The normalized spacial score (nSPS) is 14.2. The first-order chi connectivity index (χ1) is 17.5. The van der Waals surface area contributed by atoms with Crippen LogP contribution in [0.3, 0.4) is 0 Å². The van der Waals surface area contributed by atoms with Crippen LogP contribution < -0.4 is 0 Å². The maximum atomic E-state index is 6.66. The third-order valence-corrected chi connectivity index (χ3v) is 8.91. The molecule has 0 atom stereocenters. The van der Waals surface area contributed by atoms with E-state index in [0.29, 0.717) is 10.0 Å². The lowest BCUT2D eigenvalue weighted by Gasteiger charge is -2.11. The zero-order valence-electron chi connectivity index (χ0n) is 19.4. The highest BCUT2D eigenvalue weighted by molar-refractivity contribution is 9.10. The topological polar surface area (TPSA) is 43.6 Å². The summed E-state index contributed by atoms with van der Waals surface area (Å²) in [6, 6.07) is 24.3. The van der Waals surface area contributed by atoms with E-state index in [1.165, 1.54) is 5.56 Å². The van der Waals surface area contributed by atoms with Gasteiger partial charge >= 0.3 is 0 Å². The Balaban J connectivity index is 1.52. The minimum absolute atomic E-state index is 0.0276. The molecule has 36 heavy (non-hydrogen) atoms. The first-order valence-electron chi connectivity index (χ1n) is 11.7. The quantitative estimate of drug-likeness (QED) is 0.197. The average molecular weight is 596 g/mol. The molecule has 2 heterocycles. The van der Waals surface area contributed by atoms with E-state index in [9.17, 15) is 0 Å². The van der Waals surface area contributed by atoms with Crippen molar-refractivity contribution in [2.45, 2.75) is 31.6 Å². The number of rotatable bonds is 6. The van der Waals surface area contributed by atoms with Crippen LogP contribution in [0.25, 0.3) is 27.6 Å². The highest BCUT2D eigenvalue weighted by atomic mass is 79.9. The van der Waals surface area contributed by atoms with Gasteiger partial charge < -0.3 is 0 Å². The van der Waals surface area contributed by atoms with Gasteiger partial charge in [0.15, 0.2) is 5.01 Å². The lowest BCUT2D eigenvalue weighted by molar-refractivity contribution is 0.806. The van der Waals surface area contributed by atoms with Gasteiger partial charge in [-0.3, -0.25) is 0 Å². The summed E-state index contributed by atoms with van der Waals surface area (Å²) in [7, 11) is 0. The molecule has 1 aliphatic rings. The SMILES string of the molecule is CCc1c(-c2nnc(C3(c4ccccc4)CC3)s2)nn(-c2ccc(Cl)cc2Cl)c1-c1ccc(Br)cc1. The molecule has 180 valence electrons. The molecule has 3 aromatic carbocycles. The van der Waals surface area contributed by atoms with E-state index >= 15 is 0 Å². The maximum Gasteiger partial charge on any atom is 0.168 e. The molecule has 8 heteroatoms. The smallest absolute Gasteiger partial charge is 0.168 e. The molecule has 0 saturated heterocycles. The van der Waals surface area contributed by atoms with E-state index in [2.05, 4.69) is 75.5 Å². The number of halogens is 3. The molecule has 0 N–H and O–H groups in total. The van der Waals surface area contributed by atoms with Gasteiger partial charge in [0.25, 0.3) is 0 Å². The Labute approximate surface area is 232 Å². The van der Waals surface area contributed by atoms with Crippen LogP contribution in [0.1, 0.15) is 35.9 Å². The highest BCUT2D eigenvalue weighted by Gasteiger charge is 2.49. The number of nitrogens with zero attached hydrogens (tertiary/aromatic N) is 4. The summed E-state index contributed by atoms with van der Waals surface area (Å²) in [6.07, 6.45) is 2.96. The van der Waals surface area contributed by atoms with Crippen LogP contribution >= 0.6 is 50.5 Å². The molecule has 0 spiro atoms. The van der Waals surface area contributed by atoms with Crippen LogP contribution in [0, 0.1) is 0 Å². The Morgan fingerprint density at radius 2 is 1.72 bits per heavy atom. The van der Waals surface area contributed by atoms with Gasteiger partial charge in [-0.05, 0) is 55.2 Å². The number of benzene rings is 3. The van der Waals surface area contributed by atoms with Crippen molar-refractivity contribution in [1.29, 1.82) is 0 Å². The summed E-state index contributed by atoms with van der Waals surface area (Å²) in [5.74, 6) is 0. The fourth-order valence-corrected chi connectivity index (χ4v) is 6.59. The summed E-state index contributed by atoms with van der Waals surface area (Å²) in [6.45, 7) is 2.14. The molecule has 2 aromatic heterocycles. The molecule has 6 rings (SSSR count). The Bertz CT molecular complexity index is 1560. The third-order valence-electron chi connectivity index (χ3n) is 6.71. The van der Waals surface area contributed by atoms with Crippen molar-refractivity contribution in [2.75, 3.05) is 0 Å². The fourth-order valence-electron chi connectivity index (χ4n) is 4.71. The molecule has 0 amide bonds. The first kappa shape index (κ1) is 23.9. The van der Waals surface area contributed by atoms with E-state index in [1.54, 1.807) is 17.4 Å². The second kappa shape index (κ2) is 9.42. The van der Waals surface area contributed by atoms with Crippen molar-refractivity contribution in [3.05, 3.63) is 103 Å². The number of hydrogen-bond donors (Lipinski definition) is 0. The van der Waals surface area contributed by atoms with E-state index < -0.39 is 0 Å². The molecule has 1 fully saturated rings. The van der Waals surface area contributed by atoms with Gasteiger partial charge in [-0.2, -0.15) is 5.10 Å². The Morgan fingerprint density at radius 1 is 0.972 bits per heavy atom. The van der Waals surface area contributed by atoms with Crippen LogP contribution in [-0.2, 0) is 11.8 Å². The van der Waals surface area contributed by atoms with E-state index in [1.807, 2.05) is 28.9 Å². The Hall–Kier alpha value is -2.51. The summed E-state index contributed by atoms with van der Waals surface area (Å²) < 4.78 is 2.94. The fraction of sp³-hybridized carbons (Fsp3) is 0.179. The minimum atomic E-state index is -0.0276. The molecular formula is C28H21BrCl2N4S. The largest absolute Gasteiger partial charge is 0.231 e. The standard InChI is InChI=1S/C28H21BrCl2N4S/c1-2-21-24(26-32-33-27(36-26)28(14-15-28)18-6-4-3-5-7-18)34-35(23-13-12-20(30)16-22(23)31)25(21)17-8-10-19(29)11-9-17/h3-13,16H,2,14-15H2,1H3. The summed E-state index contributed by atoms with van der Waals surface area (Å²) in [5.41, 5.74) is 6.03. The zero-order valence-corrected chi connectivity index (χ0v) is 23.3. The van der Waals surface area contributed by atoms with Crippen molar-refractivity contribution in [2.24, 2.45) is 0 Å². The lowest BCUT2D eigenvalue weighted by atomic mass is 9.97. The molecule has 4 nitrogen and oxygen atoms in total. The maximum absolute atomic E-state index is 6.66. The van der Waals surface area contributed by atoms with Gasteiger partial charge in [0, 0.05) is 26.0 Å². The van der Waals surface area contributed by atoms with Gasteiger partial charge in [-0.25, -0.2) is 4.68 Å². The van der Waals surface area contributed by atoms with Crippen molar-refractivity contribution in [3.8, 4) is 27.6 Å². The van der Waals surface area contributed by atoms with Crippen LogP contribution in [0.4, 0.5) is 0 Å². The Kier molecular flexibility index (Phi) is 6.24. The van der Waals surface area contributed by atoms with Crippen molar-refractivity contribution in [1.82, 2.24) is 20.0 Å². The van der Waals surface area contributed by atoms with Gasteiger partial charge in [0.2, 0.25) is 0 Å². The van der Waals surface area contributed by atoms with Gasteiger partial charge in [-0.15, -0.1) is 10.2 Å². The monoisotopic (exact) mass is 594 g/mol. The molecule has 5 aromatic rings. The van der Waals surface area contributed by atoms with Gasteiger partial charge in [0.1, 0.15) is 10.7 Å². The van der Waals surface area contributed by atoms with Gasteiger partial charge in [-0.1, -0.05) is 99.9 Å². The first-order valence-corrected chi connectivity index (χ1v) is 14.1. The molecule has 0 unspecified atom stereocenters. The van der Waals surface area contributed by atoms with Gasteiger partial charge in [0.05, 0.1) is 16.4 Å². The summed E-state index contributed by atoms with van der Waals surface area (Å²) in [4.78, 5) is 0.